The Labute approximate surface area is 163 Å². The van der Waals surface area contributed by atoms with E-state index in [1.165, 1.54) is 13.2 Å². The van der Waals surface area contributed by atoms with E-state index in [0.717, 1.165) is 5.69 Å². The Morgan fingerprint density at radius 3 is 1.37 bits per heavy atom. The number of hydrogen-bond donors (Lipinski definition) is 0. The number of nitrogens with zero attached hydrogens (tertiary/aromatic N) is 1. The molecule has 0 unspecified atom stereocenters. The van der Waals surface area contributed by atoms with Crippen molar-refractivity contribution in [1.82, 2.24) is 4.98 Å². The molecule has 0 amide bonds. The second-order valence-corrected chi connectivity index (χ2v) is 14.2. The fourth-order valence-electron chi connectivity index (χ4n) is 3.58. The fourth-order valence-corrected chi connectivity index (χ4v) is 12.3. The van der Waals surface area contributed by atoms with E-state index in [2.05, 4.69) is 113 Å². The van der Waals surface area contributed by atoms with Crippen LogP contribution in [0.2, 0.25) is 0 Å². The summed E-state index contributed by atoms with van der Waals surface area (Å²) in [4.78, 5) is 6.97. The third kappa shape index (κ3) is 3.64. The Balaban J connectivity index is 1.99. The molecule has 0 radical (unpaired) electrons. The molecule has 0 N–H and O–H groups in total. The van der Waals surface area contributed by atoms with E-state index in [1.54, 1.807) is 0 Å². The van der Waals surface area contributed by atoms with Gasteiger partial charge in [0.25, 0.3) is 0 Å². The summed E-state index contributed by atoms with van der Waals surface area (Å²) < 4.78 is 4.26. The summed E-state index contributed by atoms with van der Waals surface area (Å²) in [6, 6.07) is 38.9. The SMILES string of the molecule is C(=[CH]\[Ge]([c]1ccccc1)([c]1ccccc1)[c]1ccccc1)/c1ccccn1. The predicted molar refractivity (Wildman–Crippen MR) is 117 cm³/mol. The maximum absolute atomic E-state index is 4.51. The molecule has 4 aromatic rings. The minimum absolute atomic E-state index is 0.996. The van der Waals surface area contributed by atoms with Gasteiger partial charge in [-0.25, -0.2) is 0 Å². The number of aromatic nitrogens is 1. The quantitative estimate of drug-likeness (QED) is 0.458. The number of pyridine rings is 1. The zero-order valence-electron chi connectivity index (χ0n) is 15.1. The van der Waals surface area contributed by atoms with E-state index in [1.807, 2.05) is 18.3 Å². The number of hydrogen-bond acceptors (Lipinski definition) is 1. The standard InChI is InChI=1S/C25H21GeN/c1-4-12-22(13-5-1)26(23-14-6-2-7-15-23,24-16-8-3-9-17-24)20-19-25-18-10-11-21-27-25/h1-21H/b20-19+. The van der Waals surface area contributed by atoms with E-state index in [-0.39, 0.29) is 0 Å². The topological polar surface area (TPSA) is 12.9 Å². The molecule has 0 atom stereocenters. The molecular weight excluding hydrogens is 387 g/mol. The summed E-state index contributed by atoms with van der Waals surface area (Å²) in [7, 11) is 0. The fraction of sp³-hybridized carbons (Fsp3) is 0. The second kappa shape index (κ2) is 8.19. The van der Waals surface area contributed by atoms with Crippen molar-refractivity contribution in [3.8, 4) is 0 Å². The van der Waals surface area contributed by atoms with Crippen LogP contribution in [0.5, 0.6) is 0 Å². The first-order valence-corrected chi connectivity index (χ1v) is 13.5. The van der Waals surface area contributed by atoms with Crippen LogP contribution < -0.4 is 13.2 Å². The van der Waals surface area contributed by atoms with Gasteiger partial charge in [0.15, 0.2) is 0 Å². The molecule has 3 aromatic carbocycles. The molecule has 0 spiro atoms. The Kier molecular flexibility index (Phi) is 5.31. The first-order chi connectivity index (χ1) is 13.4. The Morgan fingerprint density at radius 2 is 0.963 bits per heavy atom. The van der Waals surface area contributed by atoms with Crippen molar-refractivity contribution in [2.75, 3.05) is 0 Å². The van der Waals surface area contributed by atoms with E-state index in [9.17, 15) is 0 Å². The van der Waals surface area contributed by atoms with E-state index >= 15 is 0 Å². The Morgan fingerprint density at radius 1 is 0.519 bits per heavy atom. The summed E-state index contributed by atoms with van der Waals surface area (Å²) in [5.41, 5.74) is 0.996. The van der Waals surface area contributed by atoms with Crippen molar-refractivity contribution >= 4 is 32.5 Å². The first kappa shape index (κ1) is 17.5. The van der Waals surface area contributed by atoms with Crippen LogP contribution >= 0.6 is 0 Å². The van der Waals surface area contributed by atoms with Crippen LogP contribution in [0.1, 0.15) is 5.69 Å². The third-order valence-electron chi connectivity index (χ3n) is 4.88. The van der Waals surface area contributed by atoms with Crippen LogP contribution in [0, 0.1) is 0 Å². The molecule has 1 heterocycles. The van der Waals surface area contributed by atoms with Crippen LogP contribution in [0.25, 0.3) is 6.08 Å². The molecule has 0 aliphatic rings. The van der Waals surface area contributed by atoms with Gasteiger partial charge in [-0.1, -0.05) is 0 Å². The van der Waals surface area contributed by atoms with Gasteiger partial charge in [0.1, 0.15) is 0 Å². The van der Waals surface area contributed by atoms with Gasteiger partial charge < -0.3 is 0 Å². The van der Waals surface area contributed by atoms with Crippen molar-refractivity contribution in [2.24, 2.45) is 0 Å². The summed E-state index contributed by atoms with van der Waals surface area (Å²) in [6.07, 6.45) is 4.05. The molecule has 1 nitrogen and oxygen atoms in total. The Bertz CT molecular complexity index is 900. The molecule has 0 aliphatic carbocycles. The van der Waals surface area contributed by atoms with Gasteiger partial charge in [-0.2, -0.15) is 0 Å². The summed E-state index contributed by atoms with van der Waals surface area (Å²) in [6.45, 7) is 0. The number of rotatable bonds is 5. The minimum atomic E-state index is -3.01. The van der Waals surface area contributed by atoms with Gasteiger partial charge in [-0.3, -0.25) is 0 Å². The maximum atomic E-state index is 4.51. The molecule has 27 heavy (non-hydrogen) atoms. The van der Waals surface area contributed by atoms with Crippen LogP contribution in [-0.4, -0.2) is 18.3 Å². The molecule has 4 rings (SSSR count). The normalized spacial score (nSPS) is 11.6. The summed E-state index contributed by atoms with van der Waals surface area (Å²) in [5.74, 6) is 0. The summed E-state index contributed by atoms with van der Waals surface area (Å²) >= 11 is -3.01. The average molecular weight is 408 g/mol. The van der Waals surface area contributed by atoms with Crippen LogP contribution in [-0.2, 0) is 0 Å². The number of benzene rings is 3. The molecule has 130 valence electrons. The van der Waals surface area contributed by atoms with Crippen molar-refractivity contribution < 1.29 is 0 Å². The molecule has 1 aromatic heterocycles. The van der Waals surface area contributed by atoms with E-state index in [0.29, 0.717) is 0 Å². The third-order valence-corrected chi connectivity index (χ3v) is 14.1. The molecule has 0 fully saturated rings. The average Bonchev–Trinajstić information content (AvgIpc) is 2.77. The molecular formula is C25H21GeN. The second-order valence-electron chi connectivity index (χ2n) is 6.49. The van der Waals surface area contributed by atoms with Gasteiger partial charge in [0, 0.05) is 0 Å². The van der Waals surface area contributed by atoms with Crippen molar-refractivity contribution in [2.45, 2.75) is 0 Å². The van der Waals surface area contributed by atoms with Crippen molar-refractivity contribution in [3.05, 3.63) is 126 Å². The predicted octanol–water partition coefficient (Wildman–Crippen LogP) is 3.80. The first-order valence-electron chi connectivity index (χ1n) is 9.16. The molecule has 0 bridgehead atoms. The van der Waals surface area contributed by atoms with Crippen LogP contribution in [0.3, 0.4) is 0 Å². The van der Waals surface area contributed by atoms with E-state index < -0.39 is 13.3 Å². The zero-order chi connectivity index (χ0) is 18.4. The van der Waals surface area contributed by atoms with Gasteiger partial charge >= 0.3 is 164 Å². The van der Waals surface area contributed by atoms with Crippen LogP contribution in [0.4, 0.5) is 0 Å². The van der Waals surface area contributed by atoms with E-state index in [4.69, 9.17) is 0 Å². The van der Waals surface area contributed by atoms with Crippen molar-refractivity contribution in [3.63, 3.8) is 0 Å². The van der Waals surface area contributed by atoms with Gasteiger partial charge in [-0.05, 0) is 0 Å². The van der Waals surface area contributed by atoms with Gasteiger partial charge in [0.2, 0.25) is 0 Å². The van der Waals surface area contributed by atoms with Gasteiger partial charge in [0.05, 0.1) is 0 Å². The van der Waals surface area contributed by atoms with Crippen LogP contribution in [0.15, 0.2) is 120 Å². The van der Waals surface area contributed by atoms with Crippen molar-refractivity contribution in [1.29, 1.82) is 0 Å². The zero-order valence-corrected chi connectivity index (χ0v) is 17.2. The monoisotopic (exact) mass is 409 g/mol. The molecule has 2 heteroatoms. The molecule has 0 saturated heterocycles. The Hall–Kier alpha value is -2.91. The molecule has 0 aliphatic heterocycles. The van der Waals surface area contributed by atoms with Gasteiger partial charge in [-0.15, -0.1) is 0 Å². The molecule has 0 saturated carbocycles. The summed E-state index contributed by atoms with van der Waals surface area (Å²) in [5, 5.41) is 0.